The molecule has 0 saturated heterocycles. The maximum atomic E-state index is 13.0. The lowest BCUT2D eigenvalue weighted by atomic mass is 10.0. The van der Waals surface area contributed by atoms with Gasteiger partial charge in [-0.05, 0) is 89.9 Å². The van der Waals surface area contributed by atoms with Crippen molar-refractivity contribution in [3.8, 4) is 0 Å². The number of ether oxygens (including phenoxy) is 3. The first kappa shape index (κ1) is 78.8. The fourth-order valence-electron chi connectivity index (χ4n) is 10.6. The number of unbranched alkanes of at least 4 members (excludes halogenated alkanes) is 43. The SMILES string of the molecule is CC/C=C\C/C=C\C/C=C\CCCCCCCCCC(=O)OCC(COC(=O)CCCCCCCCCCCCCCCCCCCCCCCCCC)OC(=O)CCCCCCCCCC/C=C\C/C=C\C/C=C\CCCCCCC. The fraction of sp³-hybridized carbons (Fsp3) is 0.803. The average Bonchev–Trinajstić information content (AvgIpc) is 3.47. The monoisotopic (exact) mass is 1150 g/mol. The van der Waals surface area contributed by atoms with E-state index >= 15 is 0 Å². The summed E-state index contributed by atoms with van der Waals surface area (Å²) in [5.41, 5.74) is 0. The Morgan fingerprint density at radius 3 is 0.744 bits per heavy atom. The normalized spacial score (nSPS) is 12.5. The molecule has 82 heavy (non-hydrogen) atoms. The molecule has 0 aromatic rings. The van der Waals surface area contributed by atoms with Gasteiger partial charge >= 0.3 is 17.9 Å². The Labute approximate surface area is 510 Å². The zero-order valence-electron chi connectivity index (χ0n) is 54.8. The van der Waals surface area contributed by atoms with Gasteiger partial charge < -0.3 is 14.2 Å². The fourth-order valence-corrected chi connectivity index (χ4v) is 10.6. The van der Waals surface area contributed by atoms with E-state index in [1.807, 2.05) is 0 Å². The van der Waals surface area contributed by atoms with Crippen LogP contribution >= 0.6 is 0 Å². The summed E-state index contributed by atoms with van der Waals surface area (Å²) in [7, 11) is 0. The highest BCUT2D eigenvalue weighted by atomic mass is 16.6. The van der Waals surface area contributed by atoms with E-state index in [2.05, 4.69) is 93.7 Å². The van der Waals surface area contributed by atoms with Crippen molar-refractivity contribution in [3.05, 3.63) is 72.9 Å². The molecule has 0 aliphatic rings. The Balaban J connectivity index is 4.34. The molecule has 1 atom stereocenters. The number of esters is 3. The van der Waals surface area contributed by atoms with E-state index in [1.54, 1.807) is 0 Å². The van der Waals surface area contributed by atoms with Crippen LogP contribution in [0, 0.1) is 0 Å². The van der Waals surface area contributed by atoms with Crippen molar-refractivity contribution in [3.63, 3.8) is 0 Å². The first-order chi connectivity index (χ1) is 40.5. The highest BCUT2D eigenvalue weighted by Gasteiger charge is 2.19. The summed E-state index contributed by atoms with van der Waals surface area (Å²) in [6.07, 6.45) is 92.1. The van der Waals surface area contributed by atoms with Crippen molar-refractivity contribution in [2.75, 3.05) is 13.2 Å². The van der Waals surface area contributed by atoms with Crippen molar-refractivity contribution in [1.29, 1.82) is 0 Å². The molecule has 0 aliphatic heterocycles. The Morgan fingerprint density at radius 1 is 0.256 bits per heavy atom. The molecule has 6 nitrogen and oxygen atoms in total. The van der Waals surface area contributed by atoms with E-state index in [4.69, 9.17) is 14.2 Å². The predicted molar refractivity (Wildman–Crippen MR) is 358 cm³/mol. The van der Waals surface area contributed by atoms with Gasteiger partial charge in [0.05, 0.1) is 0 Å². The molecule has 0 radical (unpaired) electrons. The molecular formula is C76H136O6. The second kappa shape index (κ2) is 70.3. The summed E-state index contributed by atoms with van der Waals surface area (Å²) >= 11 is 0. The van der Waals surface area contributed by atoms with E-state index in [0.29, 0.717) is 19.3 Å². The molecule has 0 fully saturated rings. The third-order valence-corrected chi connectivity index (χ3v) is 15.9. The van der Waals surface area contributed by atoms with Crippen LogP contribution in [0.15, 0.2) is 72.9 Å². The highest BCUT2D eigenvalue weighted by Crippen LogP contribution is 2.18. The van der Waals surface area contributed by atoms with Crippen molar-refractivity contribution in [2.24, 2.45) is 0 Å². The minimum atomic E-state index is -0.785. The molecule has 0 rings (SSSR count). The van der Waals surface area contributed by atoms with Gasteiger partial charge in [-0.3, -0.25) is 14.4 Å². The zero-order chi connectivity index (χ0) is 59.2. The maximum absolute atomic E-state index is 13.0. The van der Waals surface area contributed by atoms with Crippen LogP contribution in [0.1, 0.15) is 374 Å². The lowest BCUT2D eigenvalue weighted by Gasteiger charge is -2.18. The smallest absolute Gasteiger partial charge is 0.306 e. The van der Waals surface area contributed by atoms with Gasteiger partial charge in [-0.2, -0.15) is 0 Å². The second-order valence-electron chi connectivity index (χ2n) is 24.1. The lowest BCUT2D eigenvalue weighted by molar-refractivity contribution is -0.167. The molecule has 476 valence electrons. The van der Waals surface area contributed by atoms with Crippen LogP contribution < -0.4 is 0 Å². The van der Waals surface area contributed by atoms with E-state index < -0.39 is 6.10 Å². The van der Waals surface area contributed by atoms with Crippen LogP contribution in [-0.2, 0) is 28.6 Å². The third-order valence-electron chi connectivity index (χ3n) is 15.9. The number of carbonyl (C=O) groups is 3. The lowest BCUT2D eigenvalue weighted by Crippen LogP contribution is -2.30. The van der Waals surface area contributed by atoms with Crippen LogP contribution in [0.2, 0.25) is 0 Å². The van der Waals surface area contributed by atoms with Gasteiger partial charge in [0, 0.05) is 19.3 Å². The van der Waals surface area contributed by atoms with Crippen LogP contribution in [0.5, 0.6) is 0 Å². The van der Waals surface area contributed by atoms with Crippen molar-refractivity contribution < 1.29 is 28.6 Å². The topological polar surface area (TPSA) is 78.9 Å². The largest absolute Gasteiger partial charge is 0.462 e. The number of allylic oxidation sites excluding steroid dienone is 12. The van der Waals surface area contributed by atoms with Gasteiger partial charge in [0.25, 0.3) is 0 Å². The number of rotatable bonds is 66. The van der Waals surface area contributed by atoms with Crippen molar-refractivity contribution >= 4 is 17.9 Å². The minimum Gasteiger partial charge on any atom is -0.462 e. The van der Waals surface area contributed by atoms with Crippen LogP contribution in [0.4, 0.5) is 0 Å². The predicted octanol–water partition coefficient (Wildman–Crippen LogP) is 24.8. The Kier molecular flexibility index (Phi) is 67.6. The van der Waals surface area contributed by atoms with Gasteiger partial charge in [-0.25, -0.2) is 0 Å². The molecule has 0 N–H and O–H groups in total. The molecule has 0 aliphatic carbocycles. The Morgan fingerprint density at radius 2 is 0.476 bits per heavy atom. The van der Waals surface area contributed by atoms with Crippen LogP contribution in [-0.4, -0.2) is 37.2 Å². The van der Waals surface area contributed by atoms with Gasteiger partial charge in [0.2, 0.25) is 0 Å². The van der Waals surface area contributed by atoms with Crippen molar-refractivity contribution in [2.45, 2.75) is 380 Å². The molecule has 0 saturated carbocycles. The summed E-state index contributed by atoms with van der Waals surface area (Å²) in [4.78, 5) is 38.5. The Hall–Kier alpha value is -3.15. The van der Waals surface area contributed by atoms with Gasteiger partial charge in [0.15, 0.2) is 6.10 Å². The maximum Gasteiger partial charge on any atom is 0.306 e. The van der Waals surface area contributed by atoms with Crippen LogP contribution in [0.25, 0.3) is 0 Å². The van der Waals surface area contributed by atoms with E-state index in [-0.39, 0.29) is 31.1 Å². The quantitative estimate of drug-likeness (QED) is 0.0261. The summed E-state index contributed by atoms with van der Waals surface area (Å²) in [5.74, 6) is -0.873. The summed E-state index contributed by atoms with van der Waals surface area (Å²) in [6.45, 7) is 6.57. The molecule has 0 heterocycles. The van der Waals surface area contributed by atoms with Crippen LogP contribution in [0.3, 0.4) is 0 Å². The van der Waals surface area contributed by atoms with E-state index in [9.17, 15) is 14.4 Å². The standard InChI is InChI=1S/C76H136O6/c1-4-7-10-13-16-19-22-25-28-31-33-35-37-39-40-42-45-48-51-54-57-60-63-66-69-75(78)81-72-73(71-80-74(77)68-65-62-59-56-53-50-47-44-30-27-24-21-18-15-12-9-6-3)82-76(79)70-67-64-61-58-55-52-49-46-43-41-38-36-34-32-29-26-23-20-17-14-11-8-5-2/h9,12,18,21,23,26-27,30,32,34,38,41,73H,4-8,10-11,13-17,19-20,22,24-25,28-29,31,33,35-37,39-40,42-72H2,1-3H3/b12-9-,21-18-,26-23-,30-27-,34-32-,41-38-. The third kappa shape index (κ3) is 67.6. The van der Waals surface area contributed by atoms with Gasteiger partial charge in [-0.15, -0.1) is 0 Å². The second-order valence-corrected chi connectivity index (χ2v) is 24.1. The molecule has 1 unspecified atom stereocenters. The van der Waals surface area contributed by atoms with E-state index in [0.717, 1.165) is 103 Å². The van der Waals surface area contributed by atoms with Crippen molar-refractivity contribution in [1.82, 2.24) is 0 Å². The number of carbonyl (C=O) groups excluding carboxylic acids is 3. The van der Waals surface area contributed by atoms with E-state index in [1.165, 1.54) is 231 Å². The molecule has 0 aromatic carbocycles. The number of hydrogen-bond donors (Lipinski definition) is 0. The first-order valence-electron chi connectivity index (χ1n) is 35.9. The van der Waals surface area contributed by atoms with Gasteiger partial charge in [0.1, 0.15) is 13.2 Å². The molecule has 6 heteroatoms. The highest BCUT2D eigenvalue weighted by molar-refractivity contribution is 5.71. The minimum absolute atomic E-state index is 0.0783. The summed E-state index contributed by atoms with van der Waals surface area (Å²) in [5, 5.41) is 0. The molecule has 0 aromatic heterocycles. The molecule has 0 amide bonds. The summed E-state index contributed by atoms with van der Waals surface area (Å²) in [6, 6.07) is 0. The number of hydrogen-bond acceptors (Lipinski definition) is 6. The zero-order valence-corrected chi connectivity index (χ0v) is 54.8. The summed E-state index contributed by atoms with van der Waals surface area (Å²) < 4.78 is 17.0. The van der Waals surface area contributed by atoms with Gasteiger partial charge in [-0.1, -0.05) is 338 Å². The Bertz CT molecular complexity index is 1500. The molecular weight excluding hydrogens is 1010 g/mol. The average molecular weight is 1150 g/mol. The first-order valence-corrected chi connectivity index (χ1v) is 35.9. The molecule has 0 bridgehead atoms. The molecule has 0 spiro atoms.